The van der Waals surface area contributed by atoms with Crippen molar-refractivity contribution in [1.29, 1.82) is 0 Å². The zero-order valence-corrected chi connectivity index (χ0v) is 22.9. The Morgan fingerprint density at radius 1 is 0.381 bits per heavy atom. The average molecular weight is 538 g/mol. The van der Waals surface area contributed by atoms with Crippen LogP contribution in [-0.4, -0.2) is 0 Å². The second-order valence-electron chi connectivity index (χ2n) is 10.6. The molecule has 1 aromatic heterocycles. The highest BCUT2D eigenvalue weighted by Crippen LogP contribution is 2.44. The van der Waals surface area contributed by atoms with Crippen LogP contribution in [0.5, 0.6) is 0 Å². The minimum Gasteiger partial charge on any atom is -0.456 e. The summed E-state index contributed by atoms with van der Waals surface area (Å²) in [4.78, 5) is 2.40. The number of hydrogen-bond acceptors (Lipinski definition) is 2. The van der Waals surface area contributed by atoms with E-state index in [4.69, 9.17) is 4.42 Å². The molecule has 0 bridgehead atoms. The van der Waals surface area contributed by atoms with Gasteiger partial charge in [0.05, 0.1) is 11.4 Å². The standard InChI is InChI=1S/C40H27NO/c1-2-12-28(13-3-1)30-16-10-17-32(26-30)41(38-22-11-15-29-14-4-5-18-33(29)38)37-21-8-6-19-34(37)31-24-25-36-35-20-7-9-23-39(35)42-40(36)27-31/h1-27H. The summed E-state index contributed by atoms with van der Waals surface area (Å²) in [5, 5.41) is 4.68. The van der Waals surface area contributed by atoms with Gasteiger partial charge in [0.25, 0.3) is 0 Å². The number of hydrogen-bond donors (Lipinski definition) is 0. The van der Waals surface area contributed by atoms with Crippen LogP contribution < -0.4 is 4.90 Å². The third kappa shape index (κ3) is 4.13. The predicted octanol–water partition coefficient (Wildman–Crippen LogP) is 11.5. The molecule has 0 unspecified atom stereocenters. The van der Waals surface area contributed by atoms with E-state index in [1.54, 1.807) is 0 Å². The van der Waals surface area contributed by atoms with Gasteiger partial charge in [-0.1, -0.05) is 121 Å². The van der Waals surface area contributed by atoms with E-state index >= 15 is 0 Å². The summed E-state index contributed by atoms with van der Waals surface area (Å²) in [5.74, 6) is 0. The van der Waals surface area contributed by atoms with Crippen LogP contribution in [0.25, 0.3) is 55.0 Å². The van der Waals surface area contributed by atoms with Gasteiger partial charge in [-0.15, -0.1) is 0 Å². The number of benzene rings is 7. The first-order chi connectivity index (χ1) is 20.8. The lowest BCUT2D eigenvalue weighted by Gasteiger charge is -2.29. The van der Waals surface area contributed by atoms with E-state index < -0.39 is 0 Å². The maximum atomic E-state index is 6.29. The highest BCUT2D eigenvalue weighted by atomic mass is 16.3. The molecule has 0 aliphatic heterocycles. The van der Waals surface area contributed by atoms with Crippen LogP contribution in [0, 0.1) is 0 Å². The SMILES string of the molecule is c1ccc(-c2cccc(N(c3ccccc3-c3ccc4c(c3)oc3ccccc34)c3cccc4ccccc34)c2)cc1. The van der Waals surface area contributed by atoms with Gasteiger partial charge in [-0.3, -0.25) is 0 Å². The molecule has 1 heterocycles. The molecule has 0 N–H and O–H groups in total. The Morgan fingerprint density at radius 2 is 1.05 bits per heavy atom. The van der Waals surface area contributed by atoms with Gasteiger partial charge in [-0.25, -0.2) is 0 Å². The molecule has 42 heavy (non-hydrogen) atoms. The smallest absolute Gasteiger partial charge is 0.136 e. The molecular weight excluding hydrogens is 510 g/mol. The fraction of sp³-hybridized carbons (Fsp3) is 0. The monoisotopic (exact) mass is 537 g/mol. The molecule has 0 spiro atoms. The van der Waals surface area contributed by atoms with Crippen molar-refractivity contribution >= 4 is 49.8 Å². The molecular formula is C40H27NO. The van der Waals surface area contributed by atoms with Gasteiger partial charge < -0.3 is 9.32 Å². The molecule has 2 heteroatoms. The van der Waals surface area contributed by atoms with E-state index in [-0.39, 0.29) is 0 Å². The van der Waals surface area contributed by atoms with E-state index in [0.29, 0.717) is 0 Å². The Labute approximate surface area is 244 Å². The molecule has 0 aliphatic carbocycles. The Balaban J connectivity index is 1.36. The van der Waals surface area contributed by atoms with E-state index in [0.717, 1.165) is 50.1 Å². The van der Waals surface area contributed by atoms with Gasteiger partial charge in [-0.05, 0) is 64.5 Å². The van der Waals surface area contributed by atoms with E-state index in [1.165, 1.54) is 21.9 Å². The van der Waals surface area contributed by atoms with Crippen LogP contribution in [0.15, 0.2) is 168 Å². The topological polar surface area (TPSA) is 16.4 Å². The van der Waals surface area contributed by atoms with Gasteiger partial charge in [0, 0.05) is 27.4 Å². The summed E-state index contributed by atoms with van der Waals surface area (Å²) in [7, 11) is 0. The fourth-order valence-corrected chi connectivity index (χ4v) is 6.07. The number of fused-ring (bicyclic) bond motifs is 4. The molecule has 2 nitrogen and oxygen atoms in total. The third-order valence-corrected chi connectivity index (χ3v) is 8.05. The van der Waals surface area contributed by atoms with Crippen molar-refractivity contribution in [3.63, 3.8) is 0 Å². The van der Waals surface area contributed by atoms with E-state index in [2.05, 4.69) is 157 Å². The number of para-hydroxylation sites is 2. The molecule has 0 fully saturated rings. The van der Waals surface area contributed by atoms with Crippen LogP contribution in [0.2, 0.25) is 0 Å². The molecule has 7 aromatic carbocycles. The number of furan rings is 1. The number of nitrogens with zero attached hydrogens (tertiary/aromatic N) is 1. The van der Waals surface area contributed by atoms with Gasteiger partial charge in [0.2, 0.25) is 0 Å². The summed E-state index contributed by atoms with van der Waals surface area (Å²) >= 11 is 0. The predicted molar refractivity (Wildman–Crippen MR) is 177 cm³/mol. The van der Waals surface area contributed by atoms with Gasteiger partial charge in [0.1, 0.15) is 11.2 Å². The molecule has 8 aromatic rings. The number of rotatable bonds is 5. The molecule has 198 valence electrons. The normalized spacial score (nSPS) is 11.3. The summed E-state index contributed by atoms with van der Waals surface area (Å²) in [6.07, 6.45) is 0. The zero-order valence-electron chi connectivity index (χ0n) is 22.9. The van der Waals surface area contributed by atoms with Crippen molar-refractivity contribution in [2.45, 2.75) is 0 Å². The van der Waals surface area contributed by atoms with Crippen LogP contribution >= 0.6 is 0 Å². The minimum atomic E-state index is 0.895. The van der Waals surface area contributed by atoms with Gasteiger partial charge in [-0.2, -0.15) is 0 Å². The highest BCUT2D eigenvalue weighted by Gasteiger charge is 2.20. The average Bonchev–Trinajstić information content (AvgIpc) is 3.44. The fourth-order valence-electron chi connectivity index (χ4n) is 6.07. The highest BCUT2D eigenvalue weighted by molar-refractivity contribution is 6.07. The lowest BCUT2D eigenvalue weighted by atomic mass is 9.98. The van der Waals surface area contributed by atoms with Gasteiger partial charge in [0.15, 0.2) is 0 Å². The maximum Gasteiger partial charge on any atom is 0.136 e. The Hall–Kier alpha value is -5.60. The summed E-state index contributed by atoms with van der Waals surface area (Å²) in [6, 6.07) is 58.0. The van der Waals surface area contributed by atoms with E-state index in [9.17, 15) is 0 Å². The quantitative estimate of drug-likeness (QED) is 0.217. The largest absolute Gasteiger partial charge is 0.456 e. The lowest BCUT2D eigenvalue weighted by Crippen LogP contribution is -2.11. The second-order valence-corrected chi connectivity index (χ2v) is 10.6. The van der Waals surface area contributed by atoms with Gasteiger partial charge >= 0.3 is 0 Å². The van der Waals surface area contributed by atoms with Crippen molar-refractivity contribution in [2.75, 3.05) is 4.90 Å². The summed E-state index contributed by atoms with van der Waals surface area (Å²) < 4.78 is 6.29. The summed E-state index contributed by atoms with van der Waals surface area (Å²) in [6.45, 7) is 0. The molecule has 0 amide bonds. The Morgan fingerprint density at radius 3 is 1.98 bits per heavy atom. The number of anilines is 3. The van der Waals surface area contributed by atoms with Crippen LogP contribution in [-0.2, 0) is 0 Å². The van der Waals surface area contributed by atoms with Crippen molar-refractivity contribution in [2.24, 2.45) is 0 Å². The third-order valence-electron chi connectivity index (χ3n) is 8.05. The Bertz CT molecular complexity index is 2200. The van der Waals surface area contributed by atoms with Crippen molar-refractivity contribution in [3.8, 4) is 22.3 Å². The van der Waals surface area contributed by atoms with Crippen LogP contribution in [0.1, 0.15) is 0 Å². The first-order valence-electron chi connectivity index (χ1n) is 14.3. The van der Waals surface area contributed by atoms with Crippen LogP contribution in [0.4, 0.5) is 17.1 Å². The molecule has 0 atom stereocenters. The molecule has 0 saturated heterocycles. The van der Waals surface area contributed by atoms with Crippen LogP contribution in [0.3, 0.4) is 0 Å². The summed E-state index contributed by atoms with van der Waals surface area (Å²) in [5.41, 5.74) is 9.77. The van der Waals surface area contributed by atoms with Crippen molar-refractivity contribution < 1.29 is 4.42 Å². The molecule has 0 saturated carbocycles. The minimum absolute atomic E-state index is 0.895. The molecule has 8 rings (SSSR count). The first kappa shape index (κ1) is 24.2. The lowest BCUT2D eigenvalue weighted by molar-refractivity contribution is 0.669. The van der Waals surface area contributed by atoms with Crippen molar-refractivity contribution in [1.82, 2.24) is 0 Å². The Kier molecular flexibility index (Phi) is 5.82. The van der Waals surface area contributed by atoms with E-state index in [1.807, 2.05) is 12.1 Å². The maximum absolute atomic E-state index is 6.29. The molecule has 0 aliphatic rings. The zero-order chi connectivity index (χ0) is 27.9. The molecule has 0 radical (unpaired) electrons. The first-order valence-corrected chi connectivity index (χ1v) is 14.3. The van der Waals surface area contributed by atoms with Crippen molar-refractivity contribution in [3.05, 3.63) is 164 Å². The second kappa shape index (κ2) is 10.1.